The quantitative estimate of drug-likeness (QED) is 0.465. The molecule has 1 aliphatic rings. The highest BCUT2D eigenvalue weighted by Crippen LogP contribution is 2.26. The van der Waals surface area contributed by atoms with Gasteiger partial charge in [0.05, 0.1) is 31.0 Å². The Hall–Kier alpha value is -3.69. The number of nitrogens with zero attached hydrogens (tertiary/aromatic N) is 2. The van der Waals surface area contributed by atoms with Crippen molar-refractivity contribution in [1.29, 1.82) is 0 Å². The summed E-state index contributed by atoms with van der Waals surface area (Å²) in [5.41, 5.74) is 8.46. The zero-order chi connectivity index (χ0) is 21.6. The Balaban J connectivity index is 1.33. The Kier molecular flexibility index (Phi) is 6.25. The Bertz CT molecular complexity index is 1030. The van der Waals surface area contributed by atoms with Gasteiger partial charge in [-0.05, 0) is 29.8 Å². The minimum atomic E-state index is -0.274. The lowest BCUT2D eigenvalue weighted by molar-refractivity contribution is -0.120. The molecule has 9 heteroatoms. The fraction of sp³-hybridized carbons (Fsp3) is 0.227. The van der Waals surface area contributed by atoms with Gasteiger partial charge >= 0.3 is 0 Å². The normalized spacial score (nSPS) is 17.8. The molecule has 2 amide bonds. The van der Waals surface area contributed by atoms with Gasteiger partial charge in [-0.25, -0.2) is 5.43 Å². The number of carbonyl (C=O) groups excluding carboxylic acids is 2. The molecule has 160 valence electrons. The van der Waals surface area contributed by atoms with Crippen molar-refractivity contribution in [2.45, 2.75) is 12.6 Å². The summed E-state index contributed by atoms with van der Waals surface area (Å²) in [4.78, 5) is 25.1. The molecular weight excluding hydrogens is 396 g/mol. The van der Waals surface area contributed by atoms with Crippen LogP contribution in [-0.4, -0.2) is 35.2 Å². The van der Waals surface area contributed by atoms with Crippen LogP contribution in [0.3, 0.4) is 0 Å². The average molecular weight is 420 g/mol. The maximum absolute atomic E-state index is 12.8. The average Bonchev–Trinajstić information content (AvgIpc) is 3.44. The molecule has 3 aromatic rings. The number of aromatic nitrogens is 2. The Morgan fingerprint density at radius 2 is 1.87 bits per heavy atom. The minimum absolute atomic E-state index is 0.0288. The van der Waals surface area contributed by atoms with E-state index in [9.17, 15) is 9.59 Å². The molecule has 0 spiro atoms. The number of nitrogens with one attached hydrogen (secondary N) is 4. The summed E-state index contributed by atoms with van der Waals surface area (Å²) in [5.74, 6) is 0.102. The molecular formula is C22H24N6O3. The van der Waals surface area contributed by atoms with Crippen molar-refractivity contribution < 1.29 is 14.3 Å². The molecule has 2 aromatic carbocycles. The lowest BCUT2D eigenvalue weighted by atomic mass is 9.94. The number of hydrogen-bond acceptors (Lipinski definition) is 6. The van der Waals surface area contributed by atoms with E-state index < -0.39 is 0 Å². The van der Waals surface area contributed by atoms with Crippen molar-refractivity contribution in [2.75, 3.05) is 24.3 Å². The number of anilines is 2. The molecule has 1 aliphatic heterocycles. The third-order valence-corrected chi connectivity index (χ3v) is 5.06. The largest absolute Gasteiger partial charge is 0.497 e. The van der Waals surface area contributed by atoms with Gasteiger partial charge in [0.1, 0.15) is 12.3 Å². The van der Waals surface area contributed by atoms with E-state index in [2.05, 4.69) is 26.6 Å². The molecule has 0 bridgehead atoms. The van der Waals surface area contributed by atoms with Gasteiger partial charge in [-0.15, -0.1) is 0 Å². The van der Waals surface area contributed by atoms with Crippen LogP contribution in [0.4, 0.5) is 11.4 Å². The van der Waals surface area contributed by atoms with Gasteiger partial charge in [-0.1, -0.05) is 30.3 Å². The number of carbonyl (C=O) groups is 2. The van der Waals surface area contributed by atoms with Gasteiger partial charge in [0.2, 0.25) is 11.8 Å². The summed E-state index contributed by atoms with van der Waals surface area (Å²) in [6.07, 6.45) is 3.17. The molecule has 2 heterocycles. The van der Waals surface area contributed by atoms with Crippen LogP contribution in [-0.2, 0) is 16.1 Å². The number of rotatable bonds is 7. The molecule has 31 heavy (non-hydrogen) atoms. The third-order valence-electron chi connectivity index (χ3n) is 5.06. The third kappa shape index (κ3) is 5.08. The first-order chi connectivity index (χ1) is 15.1. The van der Waals surface area contributed by atoms with Crippen molar-refractivity contribution in [2.24, 2.45) is 5.92 Å². The smallest absolute Gasteiger partial charge is 0.246 e. The second-order valence-corrected chi connectivity index (χ2v) is 7.21. The molecule has 2 atom stereocenters. The predicted molar refractivity (Wildman–Crippen MR) is 116 cm³/mol. The minimum Gasteiger partial charge on any atom is -0.497 e. The number of methoxy groups -OCH3 is 1. The van der Waals surface area contributed by atoms with Gasteiger partial charge in [0, 0.05) is 18.4 Å². The van der Waals surface area contributed by atoms with Crippen molar-refractivity contribution in [3.8, 4) is 5.75 Å². The molecule has 0 aliphatic carbocycles. The van der Waals surface area contributed by atoms with Gasteiger partial charge in [-0.3, -0.25) is 19.7 Å². The van der Waals surface area contributed by atoms with Gasteiger partial charge in [-0.2, -0.15) is 5.10 Å². The summed E-state index contributed by atoms with van der Waals surface area (Å²) < 4.78 is 6.58. The molecule has 1 aromatic heterocycles. The van der Waals surface area contributed by atoms with Crippen LogP contribution in [0.5, 0.6) is 5.75 Å². The lowest BCUT2D eigenvalue weighted by Gasteiger charge is -2.17. The van der Waals surface area contributed by atoms with E-state index in [1.54, 1.807) is 37.6 Å². The van der Waals surface area contributed by atoms with E-state index in [1.165, 1.54) is 10.9 Å². The van der Waals surface area contributed by atoms with E-state index in [4.69, 9.17) is 4.74 Å². The topological polar surface area (TPSA) is 109 Å². The van der Waals surface area contributed by atoms with Crippen LogP contribution in [0, 0.1) is 5.92 Å². The maximum atomic E-state index is 12.8. The van der Waals surface area contributed by atoms with E-state index in [-0.39, 0.29) is 30.3 Å². The van der Waals surface area contributed by atoms with Crippen molar-refractivity contribution in [1.82, 2.24) is 20.6 Å². The van der Waals surface area contributed by atoms with Gasteiger partial charge in [0.15, 0.2) is 0 Å². The highest BCUT2D eigenvalue weighted by molar-refractivity contribution is 5.93. The molecule has 0 saturated carbocycles. The van der Waals surface area contributed by atoms with E-state index >= 15 is 0 Å². The molecule has 1 fully saturated rings. The van der Waals surface area contributed by atoms with Crippen LogP contribution in [0.2, 0.25) is 0 Å². The van der Waals surface area contributed by atoms with Crippen molar-refractivity contribution in [3.05, 3.63) is 72.6 Å². The van der Waals surface area contributed by atoms with Crippen LogP contribution in [0.15, 0.2) is 67.0 Å². The van der Waals surface area contributed by atoms with E-state index in [0.29, 0.717) is 23.7 Å². The van der Waals surface area contributed by atoms with Gasteiger partial charge in [0.25, 0.3) is 0 Å². The lowest BCUT2D eigenvalue weighted by Crippen LogP contribution is -2.29. The number of amides is 2. The Labute approximate surface area is 179 Å². The highest BCUT2D eigenvalue weighted by atomic mass is 16.5. The first kappa shape index (κ1) is 20.6. The van der Waals surface area contributed by atoms with Crippen LogP contribution >= 0.6 is 0 Å². The number of hydrogen-bond donors (Lipinski definition) is 4. The summed E-state index contributed by atoms with van der Waals surface area (Å²) >= 11 is 0. The highest BCUT2D eigenvalue weighted by Gasteiger charge is 2.34. The Morgan fingerprint density at radius 3 is 2.61 bits per heavy atom. The fourth-order valence-electron chi connectivity index (χ4n) is 3.49. The standard InChI is InChI=1S/C22H24N6O3/c1-31-18-9-7-16(8-10-18)25-20(29)14-28-13-17(11-24-28)26-22(30)19-12-23-27-21(19)15-5-3-2-4-6-15/h2-11,13,19,21,23,27H,12,14H2,1H3,(H,25,29)(H,26,30). The predicted octanol–water partition coefficient (Wildman–Crippen LogP) is 1.93. The fourth-order valence-corrected chi connectivity index (χ4v) is 3.49. The SMILES string of the molecule is COc1ccc(NC(=O)Cn2cc(NC(=O)C3CNNC3c3ccccc3)cn2)cc1. The van der Waals surface area contributed by atoms with E-state index in [1.807, 2.05) is 30.3 Å². The molecule has 2 unspecified atom stereocenters. The van der Waals surface area contributed by atoms with Gasteiger partial charge < -0.3 is 15.4 Å². The maximum Gasteiger partial charge on any atom is 0.246 e. The molecule has 4 rings (SSSR count). The van der Waals surface area contributed by atoms with Crippen molar-refractivity contribution >= 4 is 23.2 Å². The van der Waals surface area contributed by atoms with Crippen LogP contribution < -0.4 is 26.2 Å². The molecule has 4 N–H and O–H groups in total. The first-order valence-corrected chi connectivity index (χ1v) is 9.93. The summed E-state index contributed by atoms with van der Waals surface area (Å²) in [5, 5.41) is 9.86. The first-order valence-electron chi connectivity index (χ1n) is 9.93. The number of benzene rings is 2. The monoisotopic (exact) mass is 420 g/mol. The zero-order valence-corrected chi connectivity index (χ0v) is 17.0. The molecule has 1 saturated heterocycles. The van der Waals surface area contributed by atoms with Crippen LogP contribution in [0.25, 0.3) is 0 Å². The summed E-state index contributed by atoms with van der Waals surface area (Å²) in [6, 6.07) is 16.8. The Morgan fingerprint density at radius 1 is 1.10 bits per heavy atom. The van der Waals surface area contributed by atoms with Crippen LogP contribution in [0.1, 0.15) is 11.6 Å². The number of ether oxygens (including phenoxy) is 1. The summed E-state index contributed by atoms with van der Waals surface area (Å²) in [6.45, 7) is 0.547. The zero-order valence-electron chi connectivity index (χ0n) is 17.0. The molecule has 9 nitrogen and oxygen atoms in total. The molecule has 0 radical (unpaired) electrons. The summed E-state index contributed by atoms with van der Waals surface area (Å²) in [7, 11) is 1.59. The second kappa shape index (κ2) is 9.41. The second-order valence-electron chi connectivity index (χ2n) is 7.21. The van der Waals surface area contributed by atoms with E-state index in [0.717, 1.165) is 5.56 Å². The van der Waals surface area contributed by atoms with Crippen molar-refractivity contribution in [3.63, 3.8) is 0 Å². The number of hydrazine groups is 1.